The number of hydrogen-bond donors (Lipinski definition) is 2. The Labute approximate surface area is 168 Å². The Morgan fingerprint density at radius 3 is 2.71 bits per heavy atom. The van der Waals surface area contributed by atoms with E-state index in [4.69, 9.17) is 21.1 Å². The van der Waals surface area contributed by atoms with E-state index in [0.29, 0.717) is 24.3 Å². The SMILES string of the molecule is COc1cc2ccncc2cc1C(Cl)[C@]1(NC(=O)OC(C)(C)C)CCNC1=O. The summed E-state index contributed by atoms with van der Waals surface area (Å²) in [6, 6.07) is 5.54. The van der Waals surface area contributed by atoms with Crippen molar-refractivity contribution in [2.45, 2.75) is 43.7 Å². The van der Waals surface area contributed by atoms with Crippen LogP contribution >= 0.6 is 11.6 Å². The molecule has 1 aromatic carbocycles. The average Bonchev–Trinajstić information content (AvgIpc) is 2.99. The highest BCUT2D eigenvalue weighted by molar-refractivity contribution is 6.24. The number of nitrogens with zero attached hydrogens (tertiary/aromatic N) is 1. The smallest absolute Gasteiger partial charge is 0.408 e. The lowest BCUT2D eigenvalue weighted by Gasteiger charge is -2.34. The van der Waals surface area contributed by atoms with Crippen molar-refractivity contribution in [3.8, 4) is 5.75 Å². The van der Waals surface area contributed by atoms with Gasteiger partial charge < -0.3 is 20.1 Å². The minimum Gasteiger partial charge on any atom is -0.496 e. The van der Waals surface area contributed by atoms with Crippen LogP contribution < -0.4 is 15.4 Å². The molecule has 0 radical (unpaired) electrons. The second-order valence-corrected chi connectivity index (χ2v) is 8.22. The van der Waals surface area contributed by atoms with E-state index < -0.39 is 22.6 Å². The van der Waals surface area contributed by atoms with Crippen molar-refractivity contribution in [1.82, 2.24) is 15.6 Å². The number of alkyl carbamates (subject to hydrolysis) is 1. The molecule has 2 heterocycles. The number of methoxy groups -OCH3 is 1. The van der Waals surface area contributed by atoms with Crippen LogP contribution in [0.3, 0.4) is 0 Å². The van der Waals surface area contributed by atoms with Gasteiger partial charge in [-0.2, -0.15) is 0 Å². The number of aromatic nitrogens is 1. The zero-order chi connectivity index (χ0) is 20.5. The predicted octanol–water partition coefficient (Wildman–Crippen LogP) is 3.31. The summed E-state index contributed by atoms with van der Waals surface area (Å²) in [5, 5.41) is 6.40. The Morgan fingerprint density at radius 1 is 1.36 bits per heavy atom. The standard InChI is InChI=1S/C20H24ClN3O4/c1-19(2,3)28-18(26)24-20(6-8-23-17(20)25)16(21)14-9-13-11-22-7-5-12(13)10-15(14)27-4/h5,7,9-11,16H,6,8H2,1-4H3,(H,23,25)(H,24,26)/t16?,20-/m1/s1. The maximum Gasteiger partial charge on any atom is 0.408 e. The fraction of sp³-hybridized carbons (Fsp3) is 0.450. The van der Waals surface area contributed by atoms with Gasteiger partial charge in [0, 0.05) is 29.9 Å². The van der Waals surface area contributed by atoms with E-state index in [1.165, 1.54) is 7.11 Å². The van der Waals surface area contributed by atoms with Gasteiger partial charge in [-0.3, -0.25) is 9.78 Å². The molecule has 28 heavy (non-hydrogen) atoms. The number of amides is 2. The molecule has 8 heteroatoms. The Kier molecular flexibility index (Phi) is 5.39. The van der Waals surface area contributed by atoms with Crippen LogP contribution in [0.4, 0.5) is 4.79 Å². The lowest BCUT2D eigenvalue weighted by Crippen LogP contribution is -2.57. The van der Waals surface area contributed by atoms with E-state index >= 15 is 0 Å². The predicted molar refractivity (Wildman–Crippen MR) is 107 cm³/mol. The lowest BCUT2D eigenvalue weighted by molar-refractivity contribution is -0.125. The lowest BCUT2D eigenvalue weighted by atomic mass is 9.87. The van der Waals surface area contributed by atoms with Crippen LogP contribution in [0, 0.1) is 0 Å². The second kappa shape index (κ2) is 7.47. The molecule has 2 N–H and O–H groups in total. The topological polar surface area (TPSA) is 89.6 Å². The molecule has 150 valence electrons. The maximum absolute atomic E-state index is 12.8. The number of fused-ring (bicyclic) bond motifs is 1. The van der Waals surface area contributed by atoms with Crippen LogP contribution in [0.1, 0.15) is 38.1 Å². The Morgan fingerprint density at radius 2 is 2.11 bits per heavy atom. The van der Waals surface area contributed by atoms with Crippen molar-refractivity contribution in [2.24, 2.45) is 0 Å². The summed E-state index contributed by atoms with van der Waals surface area (Å²) in [4.78, 5) is 29.3. The fourth-order valence-corrected chi connectivity index (χ4v) is 3.76. The molecule has 2 atom stereocenters. The largest absolute Gasteiger partial charge is 0.496 e. The van der Waals surface area contributed by atoms with Gasteiger partial charge in [-0.05, 0) is 50.8 Å². The molecule has 1 aliphatic rings. The van der Waals surface area contributed by atoms with Crippen LogP contribution in [0.25, 0.3) is 10.8 Å². The Bertz CT molecular complexity index is 912. The van der Waals surface area contributed by atoms with E-state index in [0.717, 1.165) is 10.8 Å². The normalized spacial score (nSPS) is 20.5. The van der Waals surface area contributed by atoms with Gasteiger partial charge in [0.25, 0.3) is 0 Å². The number of alkyl halides is 1. The number of ether oxygens (including phenoxy) is 2. The molecule has 0 spiro atoms. The highest BCUT2D eigenvalue weighted by Gasteiger charge is 2.51. The molecular weight excluding hydrogens is 382 g/mol. The second-order valence-electron chi connectivity index (χ2n) is 7.78. The van der Waals surface area contributed by atoms with E-state index in [2.05, 4.69) is 15.6 Å². The molecule has 7 nitrogen and oxygen atoms in total. The highest BCUT2D eigenvalue weighted by atomic mass is 35.5. The minimum absolute atomic E-state index is 0.327. The molecule has 3 rings (SSSR count). The number of rotatable bonds is 4. The van der Waals surface area contributed by atoms with Gasteiger partial charge >= 0.3 is 6.09 Å². The first-order valence-corrected chi connectivity index (χ1v) is 9.45. The summed E-state index contributed by atoms with van der Waals surface area (Å²) in [6.45, 7) is 5.66. The number of carbonyl (C=O) groups is 2. The average molecular weight is 406 g/mol. The monoisotopic (exact) mass is 405 g/mol. The number of nitrogens with one attached hydrogen (secondary N) is 2. The van der Waals surface area contributed by atoms with E-state index in [-0.39, 0.29) is 5.91 Å². The zero-order valence-corrected chi connectivity index (χ0v) is 17.1. The molecule has 1 unspecified atom stereocenters. The van der Waals surface area contributed by atoms with E-state index in [9.17, 15) is 9.59 Å². The molecule has 0 bridgehead atoms. The van der Waals surface area contributed by atoms with Gasteiger partial charge in [0.2, 0.25) is 5.91 Å². The number of hydrogen-bond acceptors (Lipinski definition) is 5. The maximum atomic E-state index is 12.8. The number of carbonyl (C=O) groups excluding carboxylic acids is 2. The third-order valence-electron chi connectivity index (χ3n) is 4.63. The van der Waals surface area contributed by atoms with E-state index in [1.807, 2.05) is 18.2 Å². The molecule has 2 aromatic rings. The van der Waals surface area contributed by atoms with Crippen molar-refractivity contribution in [2.75, 3.05) is 13.7 Å². The first-order chi connectivity index (χ1) is 13.2. The molecule has 1 aromatic heterocycles. The summed E-state index contributed by atoms with van der Waals surface area (Å²) in [6.07, 6.45) is 3.03. The van der Waals surface area contributed by atoms with Crippen molar-refractivity contribution in [3.63, 3.8) is 0 Å². The first-order valence-electron chi connectivity index (χ1n) is 9.01. The van der Waals surface area contributed by atoms with Crippen molar-refractivity contribution in [1.29, 1.82) is 0 Å². The summed E-state index contributed by atoms with van der Waals surface area (Å²) in [7, 11) is 1.54. The number of pyridine rings is 1. The summed E-state index contributed by atoms with van der Waals surface area (Å²) in [5.74, 6) is 0.176. The number of benzene rings is 1. The van der Waals surface area contributed by atoms with Gasteiger partial charge in [0.1, 0.15) is 16.9 Å². The third-order valence-corrected chi connectivity index (χ3v) is 5.24. The van der Waals surface area contributed by atoms with Gasteiger partial charge in [-0.1, -0.05) is 0 Å². The van der Waals surface area contributed by atoms with Crippen LogP contribution in [0.15, 0.2) is 30.6 Å². The summed E-state index contributed by atoms with van der Waals surface area (Å²) < 4.78 is 10.9. The van der Waals surface area contributed by atoms with Crippen LogP contribution in [-0.4, -0.2) is 41.8 Å². The van der Waals surface area contributed by atoms with Crippen molar-refractivity contribution >= 4 is 34.4 Å². The first kappa shape index (κ1) is 20.2. The minimum atomic E-state index is -1.35. The molecule has 1 saturated heterocycles. The van der Waals surface area contributed by atoms with Crippen molar-refractivity contribution in [3.05, 3.63) is 36.2 Å². The van der Waals surface area contributed by atoms with Gasteiger partial charge in [0.05, 0.1) is 12.5 Å². The molecule has 1 aliphatic heterocycles. The summed E-state index contributed by atoms with van der Waals surface area (Å²) >= 11 is 6.83. The summed E-state index contributed by atoms with van der Waals surface area (Å²) in [5.41, 5.74) is -1.46. The molecule has 0 saturated carbocycles. The van der Waals surface area contributed by atoms with Crippen LogP contribution in [0.2, 0.25) is 0 Å². The van der Waals surface area contributed by atoms with Crippen molar-refractivity contribution < 1.29 is 19.1 Å². The van der Waals surface area contributed by atoms with E-state index in [1.54, 1.807) is 33.2 Å². The quantitative estimate of drug-likeness (QED) is 0.762. The Hall–Kier alpha value is -2.54. The number of halogens is 1. The molecular formula is C20H24ClN3O4. The highest BCUT2D eigenvalue weighted by Crippen LogP contribution is 2.43. The van der Waals surface area contributed by atoms with Crippen LogP contribution in [-0.2, 0) is 9.53 Å². The molecule has 0 aliphatic carbocycles. The third kappa shape index (κ3) is 3.85. The molecule has 1 fully saturated rings. The van der Waals surface area contributed by atoms with Gasteiger partial charge in [-0.25, -0.2) is 4.79 Å². The van der Waals surface area contributed by atoms with Gasteiger partial charge in [-0.15, -0.1) is 11.6 Å². The Balaban J connectivity index is 2.03. The zero-order valence-electron chi connectivity index (χ0n) is 16.3. The fourth-order valence-electron chi connectivity index (χ4n) is 3.33. The van der Waals surface area contributed by atoms with Crippen LogP contribution in [0.5, 0.6) is 5.75 Å². The molecule has 2 amide bonds. The van der Waals surface area contributed by atoms with Gasteiger partial charge in [0.15, 0.2) is 0 Å².